The standard InChI is InChI=1S/C20H22N2O2S/c1-21(2)19(24)16-8-10-17(11-9-16)20-22(18(23)14-25-20)13-12-15-6-4-3-5-7-15/h3-11,20H,12-14H2,1-2H3/t20-/m0/s1. The molecule has 0 radical (unpaired) electrons. The van der Waals surface area contributed by atoms with Crippen LogP contribution in [0.3, 0.4) is 0 Å². The second-order valence-corrected chi connectivity index (χ2v) is 7.38. The van der Waals surface area contributed by atoms with Gasteiger partial charge in [0.15, 0.2) is 0 Å². The van der Waals surface area contributed by atoms with Crippen molar-refractivity contribution in [2.24, 2.45) is 0 Å². The zero-order valence-corrected chi connectivity index (χ0v) is 15.3. The molecule has 0 spiro atoms. The zero-order chi connectivity index (χ0) is 17.8. The van der Waals surface area contributed by atoms with Crippen molar-refractivity contribution < 1.29 is 9.59 Å². The number of carbonyl (C=O) groups excluding carboxylic acids is 2. The highest BCUT2D eigenvalue weighted by molar-refractivity contribution is 8.00. The Balaban J connectivity index is 1.71. The molecular weight excluding hydrogens is 332 g/mol. The van der Waals surface area contributed by atoms with Crippen molar-refractivity contribution >= 4 is 23.6 Å². The van der Waals surface area contributed by atoms with Crippen LogP contribution in [0.15, 0.2) is 54.6 Å². The summed E-state index contributed by atoms with van der Waals surface area (Å²) in [5, 5.41) is 0.0275. The van der Waals surface area contributed by atoms with Crippen molar-refractivity contribution in [1.82, 2.24) is 9.80 Å². The van der Waals surface area contributed by atoms with E-state index in [0.717, 1.165) is 12.0 Å². The first-order valence-corrected chi connectivity index (χ1v) is 9.38. The molecule has 0 bridgehead atoms. The van der Waals surface area contributed by atoms with Gasteiger partial charge in [-0.25, -0.2) is 0 Å². The molecule has 3 rings (SSSR count). The summed E-state index contributed by atoms with van der Waals surface area (Å²) in [6.45, 7) is 0.707. The van der Waals surface area contributed by atoms with Gasteiger partial charge in [-0.1, -0.05) is 42.5 Å². The van der Waals surface area contributed by atoms with Crippen LogP contribution < -0.4 is 0 Å². The van der Waals surface area contributed by atoms with Crippen molar-refractivity contribution in [1.29, 1.82) is 0 Å². The predicted molar refractivity (Wildman–Crippen MR) is 102 cm³/mol. The van der Waals surface area contributed by atoms with E-state index in [0.29, 0.717) is 17.9 Å². The smallest absolute Gasteiger partial charge is 0.253 e. The van der Waals surface area contributed by atoms with E-state index >= 15 is 0 Å². The molecule has 1 saturated heterocycles. The summed E-state index contributed by atoms with van der Waals surface area (Å²) in [6.07, 6.45) is 0.848. The summed E-state index contributed by atoms with van der Waals surface area (Å²) in [7, 11) is 3.49. The molecule has 2 aromatic rings. The molecule has 0 aromatic heterocycles. The largest absolute Gasteiger partial charge is 0.345 e. The maximum absolute atomic E-state index is 12.3. The fourth-order valence-electron chi connectivity index (χ4n) is 2.91. The van der Waals surface area contributed by atoms with Gasteiger partial charge in [-0.3, -0.25) is 9.59 Å². The van der Waals surface area contributed by atoms with Crippen molar-refractivity contribution in [2.75, 3.05) is 26.4 Å². The molecule has 0 saturated carbocycles. The van der Waals surface area contributed by atoms with Crippen LogP contribution in [0.25, 0.3) is 0 Å². The number of rotatable bonds is 5. The molecule has 0 unspecified atom stereocenters. The highest BCUT2D eigenvalue weighted by atomic mass is 32.2. The van der Waals surface area contributed by atoms with E-state index in [2.05, 4.69) is 12.1 Å². The van der Waals surface area contributed by atoms with Crippen molar-refractivity contribution in [3.05, 3.63) is 71.3 Å². The van der Waals surface area contributed by atoms with Gasteiger partial charge in [-0.05, 0) is 29.7 Å². The fourth-order valence-corrected chi connectivity index (χ4v) is 4.13. The average Bonchev–Trinajstić information content (AvgIpc) is 3.01. The molecule has 1 aliphatic rings. The molecule has 5 heteroatoms. The summed E-state index contributed by atoms with van der Waals surface area (Å²) in [4.78, 5) is 27.8. The average molecular weight is 354 g/mol. The Morgan fingerprint density at radius 3 is 2.44 bits per heavy atom. The Bertz CT molecular complexity index is 744. The maximum Gasteiger partial charge on any atom is 0.253 e. The quantitative estimate of drug-likeness (QED) is 0.828. The Labute approximate surface area is 152 Å². The SMILES string of the molecule is CN(C)C(=O)c1ccc([C@@H]2SCC(=O)N2CCc2ccccc2)cc1. The number of amides is 2. The van der Waals surface area contributed by atoms with E-state index < -0.39 is 0 Å². The second-order valence-electron chi connectivity index (χ2n) is 6.31. The number of carbonyl (C=O) groups is 2. The summed E-state index contributed by atoms with van der Waals surface area (Å²) >= 11 is 1.65. The first-order valence-electron chi connectivity index (χ1n) is 8.33. The third-order valence-corrected chi connectivity index (χ3v) is 5.56. The minimum Gasteiger partial charge on any atom is -0.345 e. The monoisotopic (exact) mass is 354 g/mol. The highest BCUT2D eigenvalue weighted by Crippen LogP contribution is 2.38. The Hall–Kier alpha value is -2.27. The third kappa shape index (κ3) is 4.04. The molecule has 1 atom stereocenters. The molecule has 0 aliphatic carbocycles. The summed E-state index contributed by atoms with van der Waals surface area (Å²) in [6, 6.07) is 17.8. The topological polar surface area (TPSA) is 40.6 Å². The predicted octanol–water partition coefficient (Wildman–Crippen LogP) is 3.21. The van der Waals surface area contributed by atoms with Gasteiger partial charge in [-0.2, -0.15) is 0 Å². The van der Waals surface area contributed by atoms with E-state index in [1.807, 2.05) is 47.4 Å². The first-order chi connectivity index (χ1) is 12.1. The maximum atomic E-state index is 12.3. The lowest BCUT2D eigenvalue weighted by Gasteiger charge is -2.24. The number of benzene rings is 2. The molecule has 4 nitrogen and oxygen atoms in total. The van der Waals surface area contributed by atoms with Crippen LogP contribution in [0, 0.1) is 0 Å². The van der Waals surface area contributed by atoms with Gasteiger partial charge in [-0.15, -0.1) is 11.8 Å². The van der Waals surface area contributed by atoms with Gasteiger partial charge >= 0.3 is 0 Å². The Morgan fingerprint density at radius 2 is 1.80 bits per heavy atom. The molecular formula is C20H22N2O2S. The third-order valence-electron chi connectivity index (χ3n) is 4.30. The van der Waals surface area contributed by atoms with Gasteiger partial charge in [0, 0.05) is 26.2 Å². The molecule has 2 aromatic carbocycles. The summed E-state index contributed by atoms with van der Waals surface area (Å²) in [5.74, 6) is 0.680. The van der Waals surface area contributed by atoms with Gasteiger partial charge in [0.1, 0.15) is 5.37 Å². The lowest BCUT2D eigenvalue weighted by atomic mass is 10.1. The normalized spacial score (nSPS) is 17.0. The molecule has 130 valence electrons. The van der Waals surface area contributed by atoms with Crippen LogP contribution >= 0.6 is 11.8 Å². The zero-order valence-electron chi connectivity index (χ0n) is 14.5. The minimum atomic E-state index is -0.0114. The lowest BCUT2D eigenvalue weighted by molar-refractivity contribution is -0.128. The molecule has 1 heterocycles. The number of hydrogen-bond donors (Lipinski definition) is 0. The number of nitrogens with zero attached hydrogens (tertiary/aromatic N) is 2. The van der Waals surface area contributed by atoms with Crippen LogP contribution in [0.2, 0.25) is 0 Å². The van der Waals surface area contributed by atoms with Gasteiger partial charge in [0.05, 0.1) is 5.75 Å². The number of hydrogen-bond acceptors (Lipinski definition) is 3. The van der Waals surface area contributed by atoms with E-state index in [-0.39, 0.29) is 17.2 Å². The van der Waals surface area contributed by atoms with Crippen LogP contribution in [-0.4, -0.2) is 48.0 Å². The van der Waals surface area contributed by atoms with Crippen molar-refractivity contribution in [3.8, 4) is 0 Å². The summed E-state index contributed by atoms with van der Waals surface area (Å²) < 4.78 is 0. The molecule has 1 aliphatic heterocycles. The van der Waals surface area contributed by atoms with Crippen LogP contribution in [0.4, 0.5) is 0 Å². The van der Waals surface area contributed by atoms with Crippen LogP contribution in [0.1, 0.15) is 26.9 Å². The van der Waals surface area contributed by atoms with E-state index in [1.54, 1.807) is 30.8 Å². The fraction of sp³-hybridized carbons (Fsp3) is 0.300. The van der Waals surface area contributed by atoms with Crippen molar-refractivity contribution in [2.45, 2.75) is 11.8 Å². The highest BCUT2D eigenvalue weighted by Gasteiger charge is 2.32. The van der Waals surface area contributed by atoms with Gasteiger partial charge in [0.25, 0.3) is 5.91 Å². The summed E-state index contributed by atoms with van der Waals surface area (Å²) in [5.41, 5.74) is 2.97. The van der Waals surface area contributed by atoms with E-state index in [9.17, 15) is 9.59 Å². The molecule has 0 N–H and O–H groups in total. The van der Waals surface area contributed by atoms with E-state index in [1.165, 1.54) is 5.56 Å². The Morgan fingerprint density at radius 1 is 1.12 bits per heavy atom. The van der Waals surface area contributed by atoms with Crippen LogP contribution in [0.5, 0.6) is 0 Å². The number of thioether (sulfide) groups is 1. The van der Waals surface area contributed by atoms with E-state index in [4.69, 9.17) is 0 Å². The lowest BCUT2D eigenvalue weighted by Crippen LogP contribution is -2.30. The van der Waals surface area contributed by atoms with Crippen LogP contribution in [-0.2, 0) is 11.2 Å². The molecule has 25 heavy (non-hydrogen) atoms. The van der Waals surface area contributed by atoms with Crippen molar-refractivity contribution in [3.63, 3.8) is 0 Å². The molecule has 2 amide bonds. The molecule has 1 fully saturated rings. The minimum absolute atomic E-state index is 0.0114. The van der Waals surface area contributed by atoms with Gasteiger partial charge in [0.2, 0.25) is 5.91 Å². The second kappa shape index (κ2) is 7.74. The van der Waals surface area contributed by atoms with Gasteiger partial charge < -0.3 is 9.80 Å². The Kier molecular flexibility index (Phi) is 5.43. The first kappa shape index (κ1) is 17.5.